The van der Waals surface area contributed by atoms with E-state index in [1.165, 1.54) is 0 Å². The second-order valence-electron chi connectivity index (χ2n) is 4.68. The van der Waals surface area contributed by atoms with Crippen molar-refractivity contribution in [2.45, 2.75) is 6.92 Å². The van der Waals surface area contributed by atoms with Gasteiger partial charge in [0.1, 0.15) is 5.15 Å². The summed E-state index contributed by atoms with van der Waals surface area (Å²) in [5.74, 6) is 0.639. The van der Waals surface area contributed by atoms with Crippen molar-refractivity contribution in [3.05, 3.63) is 69.8 Å². The molecular formula is C17H12BrClN2. The zero-order valence-corrected chi connectivity index (χ0v) is 13.7. The molecule has 0 aliphatic carbocycles. The summed E-state index contributed by atoms with van der Waals surface area (Å²) in [5, 5.41) is 0.419. The smallest absolute Gasteiger partial charge is 0.161 e. The van der Waals surface area contributed by atoms with E-state index in [1.807, 2.05) is 61.5 Å². The third-order valence-electron chi connectivity index (χ3n) is 3.24. The zero-order valence-electron chi connectivity index (χ0n) is 11.3. The molecule has 0 fully saturated rings. The molecule has 21 heavy (non-hydrogen) atoms. The number of hydrogen-bond acceptors (Lipinski definition) is 2. The number of nitrogens with zero attached hydrogens (tertiary/aromatic N) is 2. The standard InChI is InChI=1S/C17H12BrClN2/c1-11-7-5-6-10-13(11)17-20-15(14(18)16(19)21-17)12-8-3-2-4-9-12/h2-10H,1H3. The number of aryl methyl sites for hydroxylation is 1. The van der Waals surface area contributed by atoms with Gasteiger partial charge in [0, 0.05) is 11.1 Å². The Hall–Kier alpha value is -1.71. The lowest BCUT2D eigenvalue weighted by atomic mass is 10.1. The fourth-order valence-corrected chi connectivity index (χ4v) is 2.73. The van der Waals surface area contributed by atoms with E-state index in [9.17, 15) is 0 Å². The van der Waals surface area contributed by atoms with Gasteiger partial charge in [-0.15, -0.1) is 0 Å². The van der Waals surface area contributed by atoms with Gasteiger partial charge in [-0.3, -0.25) is 0 Å². The first-order valence-corrected chi connectivity index (χ1v) is 7.68. The van der Waals surface area contributed by atoms with Crippen LogP contribution in [0.2, 0.25) is 5.15 Å². The number of halogens is 2. The fraction of sp³-hybridized carbons (Fsp3) is 0.0588. The monoisotopic (exact) mass is 358 g/mol. The van der Waals surface area contributed by atoms with Crippen LogP contribution in [0, 0.1) is 6.92 Å². The lowest BCUT2D eigenvalue weighted by Crippen LogP contribution is -1.96. The topological polar surface area (TPSA) is 25.8 Å². The van der Waals surface area contributed by atoms with Gasteiger partial charge in [0.05, 0.1) is 10.2 Å². The third kappa shape index (κ3) is 2.85. The van der Waals surface area contributed by atoms with Crippen molar-refractivity contribution < 1.29 is 0 Å². The Morgan fingerprint density at radius 1 is 0.905 bits per heavy atom. The molecular weight excluding hydrogens is 348 g/mol. The van der Waals surface area contributed by atoms with Crippen LogP contribution in [0.15, 0.2) is 59.1 Å². The highest BCUT2D eigenvalue weighted by molar-refractivity contribution is 9.10. The molecule has 3 aromatic rings. The van der Waals surface area contributed by atoms with Crippen LogP contribution in [0.4, 0.5) is 0 Å². The normalized spacial score (nSPS) is 10.6. The highest BCUT2D eigenvalue weighted by atomic mass is 79.9. The molecule has 104 valence electrons. The second-order valence-corrected chi connectivity index (χ2v) is 5.83. The van der Waals surface area contributed by atoms with Crippen molar-refractivity contribution in [2.24, 2.45) is 0 Å². The van der Waals surface area contributed by atoms with E-state index in [-0.39, 0.29) is 0 Å². The van der Waals surface area contributed by atoms with Gasteiger partial charge in [-0.1, -0.05) is 66.2 Å². The summed E-state index contributed by atoms with van der Waals surface area (Å²) >= 11 is 9.76. The van der Waals surface area contributed by atoms with Crippen molar-refractivity contribution in [3.8, 4) is 22.6 Å². The molecule has 0 bridgehead atoms. The first-order chi connectivity index (χ1) is 10.2. The Bertz CT molecular complexity index is 788. The van der Waals surface area contributed by atoms with Crippen LogP contribution in [-0.4, -0.2) is 9.97 Å². The quantitative estimate of drug-likeness (QED) is 0.562. The van der Waals surface area contributed by atoms with E-state index in [4.69, 9.17) is 16.6 Å². The fourth-order valence-electron chi connectivity index (χ4n) is 2.15. The molecule has 0 saturated carbocycles. The second kappa shape index (κ2) is 5.96. The Balaban J connectivity index is 2.22. The van der Waals surface area contributed by atoms with E-state index in [2.05, 4.69) is 20.9 Å². The Kier molecular flexibility index (Phi) is 4.04. The molecule has 0 unspecified atom stereocenters. The molecule has 3 rings (SSSR count). The largest absolute Gasteiger partial charge is 0.227 e. The molecule has 0 aliphatic rings. The van der Waals surface area contributed by atoms with Crippen LogP contribution in [0.3, 0.4) is 0 Å². The molecule has 0 N–H and O–H groups in total. The summed E-state index contributed by atoms with van der Waals surface area (Å²) in [7, 11) is 0. The van der Waals surface area contributed by atoms with Crippen LogP contribution in [0.5, 0.6) is 0 Å². The van der Waals surface area contributed by atoms with Gasteiger partial charge in [0.25, 0.3) is 0 Å². The lowest BCUT2D eigenvalue weighted by Gasteiger charge is -2.10. The van der Waals surface area contributed by atoms with Gasteiger partial charge < -0.3 is 0 Å². The molecule has 0 atom stereocenters. The average molecular weight is 360 g/mol. The number of aromatic nitrogens is 2. The summed E-state index contributed by atoms with van der Waals surface area (Å²) in [6.45, 7) is 2.04. The molecule has 0 saturated heterocycles. The van der Waals surface area contributed by atoms with E-state index < -0.39 is 0 Å². The van der Waals surface area contributed by atoms with Crippen molar-refractivity contribution in [3.63, 3.8) is 0 Å². The Labute approximate surface area is 137 Å². The maximum Gasteiger partial charge on any atom is 0.161 e. The maximum absolute atomic E-state index is 6.27. The minimum absolute atomic E-state index is 0.419. The molecule has 0 spiro atoms. The van der Waals surface area contributed by atoms with Gasteiger partial charge >= 0.3 is 0 Å². The van der Waals surface area contributed by atoms with Gasteiger partial charge in [-0.2, -0.15) is 0 Å². The third-order valence-corrected chi connectivity index (χ3v) is 4.50. The van der Waals surface area contributed by atoms with E-state index in [0.717, 1.165) is 22.4 Å². The number of benzene rings is 2. The van der Waals surface area contributed by atoms with Crippen LogP contribution in [-0.2, 0) is 0 Å². The van der Waals surface area contributed by atoms with Crippen molar-refractivity contribution >= 4 is 27.5 Å². The molecule has 4 heteroatoms. The van der Waals surface area contributed by atoms with Crippen molar-refractivity contribution in [1.29, 1.82) is 0 Å². The van der Waals surface area contributed by atoms with Gasteiger partial charge in [-0.05, 0) is 28.4 Å². The average Bonchev–Trinajstić information content (AvgIpc) is 2.51. The van der Waals surface area contributed by atoms with Crippen LogP contribution in [0.25, 0.3) is 22.6 Å². The SMILES string of the molecule is Cc1ccccc1-c1nc(Cl)c(Br)c(-c2ccccc2)n1. The molecule has 1 aromatic heterocycles. The summed E-state index contributed by atoms with van der Waals surface area (Å²) in [4.78, 5) is 9.09. The van der Waals surface area contributed by atoms with Crippen LogP contribution in [0.1, 0.15) is 5.56 Å². The molecule has 0 radical (unpaired) electrons. The summed E-state index contributed by atoms with van der Waals surface area (Å²) < 4.78 is 0.715. The van der Waals surface area contributed by atoms with Crippen LogP contribution < -0.4 is 0 Å². The Morgan fingerprint density at radius 3 is 2.29 bits per heavy atom. The first kappa shape index (κ1) is 14.2. The molecule has 0 aliphatic heterocycles. The highest BCUT2D eigenvalue weighted by Crippen LogP contribution is 2.33. The van der Waals surface area contributed by atoms with Crippen molar-refractivity contribution in [1.82, 2.24) is 9.97 Å². The molecule has 1 heterocycles. The van der Waals surface area contributed by atoms with E-state index in [0.29, 0.717) is 15.5 Å². The summed E-state index contributed by atoms with van der Waals surface area (Å²) in [5.41, 5.74) is 3.91. The van der Waals surface area contributed by atoms with E-state index >= 15 is 0 Å². The predicted octanol–water partition coefficient (Wildman–Crippen LogP) is 5.53. The minimum atomic E-state index is 0.419. The minimum Gasteiger partial charge on any atom is -0.227 e. The number of rotatable bonds is 2. The first-order valence-electron chi connectivity index (χ1n) is 6.51. The van der Waals surface area contributed by atoms with Crippen molar-refractivity contribution in [2.75, 3.05) is 0 Å². The van der Waals surface area contributed by atoms with Gasteiger partial charge in [0.2, 0.25) is 0 Å². The maximum atomic E-state index is 6.27. The van der Waals surface area contributed by atoms with Crippen LogP contribution >= 0.6 is 27.5 Å². The van der Waals surface area contributed by atoms with Gasteiger partial charge in [0.15, 0.2) is 5.82 Å². The molecule has 2 aromatic carbocycles. The van der Waals surface area contributed by atoms with E-state index in [1.54, 1.807) is 0 Å². The zero-order chi connectivity index (χ0) is 14.8. The highest BCUT2D eigenvalue weighted by Gasteiger charge is 2.14. The predicted molar refractivity (Wildman–Crippen MR) is 90.4 cm³/mol. The summed E-state index contributed by atoms with van der Waals surface area (Å²) in [6.07, 6.45) is 0. The van der Waals surface area contributed by atoms with Gasteiger partial charge in [-0.25, -0.2) is 9.97 Å². The summed E-state index contributed by atoms with van der Waals surface area (Å²) in [6, 6.07) is 18.0. The number of hydrogen-bond donors (Lipinski definition) is 0. The lowest BCUT2D eigenvalue weighted by molar-refractivity contribution is 1.16. The Morgan fingerprint density at radius 2 is 1.57 bits per heavy atom. The molecule has 0 amide bonds. The molecule has 2 nitrogen and oxygen atoms in total.